The number of imide groups is 1. The topological polar surface area (TPSA) is 187 Å². The van der Waals surface area contributed by atoms with E-state index in [4.69, 9.17) is 17.0 Å². The van der Waals surface area contributed by atoms with Gasteiger partial charge in [0.2, 0.25) is 23.6 Å². The first-order valence-corrected chi connectivity index (χ1v) is 21.5. The first kappa shape index (κ1) is 48.9. The van der Waals surface area contributed by atoms with Gasteiger partial charge in [0, 0.05) is 68.7 Å². The molecular weight excluding hydrogens is 850 g/mol. The summed E-state index contributed by atoms with van der Waals surface area (Å²) in [5.74, 6) is -0.897. The zero-order valence-corrected chi connectivity index (χ0v) is 37.5. The van der Waals surface area contributed by atoms with Crippen LogP contribution in [0.15, 0.2) is 48.7 Å². The number of amides is 4. The molecule has 3 atom stereocenters. The minimum absolute atomic E-state index is 0.00147. The van der Waals surface area contributed by atoms with Crippen molar-refractivity contribution < 1.29 is 37.1 Å². The molecule has 1 aromatic heterocycles. The number of carbonyl (C=O) groups is 4. The quantitative estimate of drug-likeness (QED) is 0.110. The number of carbonyl (C=O) groups excluding carboxylic acids is 4. The number of anilines is 4. The van der Waals surface area contributed by atoms with E-state index in [-0.39, 0.29) is 60.0 Å². The van der Waals surface area contributed by atoms with Crippen LogP contribution in [0.4, 0.5) is 35.9 Å². The highest BCUT2D eigenvalue weighted by Crippen LogP contribution is 2.35. The second-order valence-corrected chi connectivity index (χ2v) is 16.7. The molecule has 0 saturated carbocycles. The Hall–Kier alpha value is -6.15. The lowest BCUT2D eigenvalue weighted by atomic mass is 10.0. The molecule has 3 N–H and O–H groups in total. The van der Waals surface area contributed by atoms with E-state index in [9.17, 15) is 42.9 Å². The molecule has 2 aliphatic heterocycles. The summed E-state index contributed by atoms with van der Waals surface area (Å²) in [6, 6.07) is 13.9. The monoisotopic (exact) mass is 902 g/mol. The fraction of sp³-hybridized carbons (Fsp3) is 0.467. The lowest BCUT2D eigenvalue weighted by molar-refractivity contribution is -0.138. The van der Waals surface area contributed by atoms with E-state index in [1.54, 1.807) is 42.3 Å². The van der Waals surface area contributed by atoms with E-state index < -0.39 is 35.3 Å². The number of ether oxygens (including phenoxy) is 1. The maximum absolute atomic E-state index is 13.9. The van der Waals surface area contributed by atoms with Crippen LogP contribution in [0.5, 0.6) is 5.75 Å². The lowest BCUT2D eigenvalue weighted by Crippen LogP contribution is -2.58. The molecule has 3 heterocycles. The Kier molecular flexibility index (Phi) is 16.4. The third-order valence-corrected chi connectivity index (χ3v) is 11.6. The van der Waals surface area contributed by atoms with Gasteiger partial charge in [-0.05, 0) is 92.9 Å². The fourth-order valence-corrected chi connectivity index (χ4v) is 8.07. The van der Waals surface area contributed by atoms with Crippen molar-refractivity contribution in [1.29, 1.82) is 10.5 Å². The first-order chi connectivity index (χ1) is 30.3. The maximum Gasteiger partial charge on any atom is 0.419 e. The van der Waals surface area contributed by atoms with Crippen LogP contribution in [0.25, 0.3) is 0 Å². The van der Waals surface area contributed by atoms with Crippen LogP contribution in [-0.4, -0.2) is 101 Å². The molecule has 0 spiro atoms. The highest BCUT2D eigenvalue weighted by atomic mass is 32.1. The molecular formula is C45H53F3N10O5S. The first-order valence-electron chi connectivity index (χ1n) is 21.1. The molecule has 2 aromatic carbocycles. The number of piperidine rings is 1. The van der Waals surface area contributed by atoms with Gasteiger partial charge in [-0.15, -0.1) is 0 Å². The normalized spacial score (nSPS) is 18.1. The van der Waals surface area contributed by atoms with E-state index in [0.29, 0.717) is 73.9 Å². The second kappa shape index (κ2) is 21.5. The number of thiocarbonyl (C=S) groups is 1. The number of nitriles is 2. The van der Waals surface area contributed by atoms with E-state index in [1.165, 1.54) is 6.07 Å². The summed E-state index contributed by atoms with van der Waals surface area (Å²) in [4.78, 5) is 61.4. The van der Waals surface area contributed by atoms with Gasteiger partial charge in [-0.25, -0.2) is 4.98 Å². The highest BCUT2D eigenvalue weighted by Gasteiger charge is 2.37. The van der Waals surface area contributed by atoms with Gasteiger partial charge in [-0.2, -0.15) is 23.7 Å². The molecule has 3 aromatic rings. The SMILES string of the molecule is CCCCC(=O)N(C(=S)N(C)c1ccc(OCCN2C[C@@H](C)N(CC(=O)Nc3cc(C#N)cc(NC4CCC(=O)NC4=O)c3)[C@@H](C)C2)c(C(C)C)c1)c1cnc(C#N)c(C(F)(F)F)c1. The van der Waals surface area contributed by atoms with Crippen molar-refractivity contribution in [2.45, 2.75) is 96.9 Å². The van der Waals surface area contributed by atoms with Crippen molar-refractivity contribution in [2.75, 3.05) is 60.3 Å². The van der Waals surface area contributed by atoms with Crippen LogP contribution in [0.1, 0.15) is 95.0 Å². The number of benzene rings is 2. The lowest BCUT2D eigenvalue weighted by Gasteiger charge is -2.44. The Morgan fingerprint density at radius 3 is 2.38 bits per heavy atom. The Bertz CT molecular complexity index is 2320. The molecule has 2 aliphatic rings. The number of piperazine rings is 1. The van der Waals surface area contributed by atoms with Crippen LogP contribution in [0, 0.1) is 22.7 Å². The van der Waals surface area contributed by atoms with Gasteiger partial charge >= 0.3 is 6.18 Å². The summed E-state index contributed by atoms with van der Waals surface area (Å²) in [6.45, 7) is 12.4. The molecule has 64 heavy (non-hydrogen) atoms. The van der Waals surface area contributed by atoms with Crippen LogP contribution in [0.3, 0.4) is 0 Å². The number of pyridine rings is 1. The van der Waals surface area contributed by atoms with Gasteiger partial charge in [0.15, 0.2) is 10.8 Å². The van der Waals surface area contributed by atoms with Crippen LogP contribution < -0.4 is 30.5 Å². The van der Waals surface area contributed by atoms with Crippen molar-refractivity contribution in [3.05, 3.63) is 71.0 Å². The van der Waals surface area contributed by atoms with E-state index in [2.05, 4.69) is 50.7 Å². The molecule has 4 amide bonds. The van der Waals surface area contributed by atoms with Crippen molar-refractivity contribution in [3.8, 4) is 17.9 Å². The molecule has 5 rings (SSSR count). The van der Waals surface area contributed by atoms with Gasteiger partial charge in [0.1, 0.15) is 24.5 Å². The number of nitrogens with zero attached hydrogens (tertiary/aromatic N) is 7. The molecule has 19 heteroatoms. The number of hydrogen-bond donors (Lipinski definition) is 3. The van der Waals surface area contributed by atoms with E-state index in [1.807, 2.05) is 26.8 Å². The molecule has 2 saturated heterocycles. The van der Waals surface area contributed by atoms with E-state index in [0.717, 1.165) is 22.7 Å². The summed E-state index contributed by atoms with van der Waals surface area (Å²) in [5.41, 5.74) is 0.344. The molecule has 15 nitrogen and oxygen atoms in total. The third kappa shape index (κ3) is 12.3. The summed E-state index contributed by atoms with van der Waals surface area (Å²) in [6.07, 6.45) is -2.13. The smallest absolute Gasteiger partial charge is 0.419 e. The Morgan fingerprint density at radius 1 is 1.05 bits per heavy atom. The third-order valence-electron chi connectivity index (χ3n) is 11.1. The van der Waals surface area contributed by atoms with Gasteiger partial charge in [0.05, 0.1) is 35.6 Å². The standard InChI is InChI=1S/C45H53F3N10O5S/c1-7-8-9-42(61)58(34-20-36(45(46,47)48)38(22-50)51-23-34)44(64)55(6)33-10-12-39(35(19-33)27(2)3)63-15-14-56-24-28(4)57(29(5)25-56)26-41(60)53-32-17-30(21-49)16-31(18-32)52-37-11-13-40(59)54-43(37)62/h10,12,16-20,23,27-29,37,52H,7-9,11,13-15,24-26H2,1-6H3,(H,53,60)(H,54,59,62)/t28-,29+,37?. The number of halogens is 3. The van der Waals surface area contributed by atoms with Gasteiger partial charge in [0.25, 0.3) is 0 Å². The summed E-state index contributed by atoms with van der Waals surface area (Å²) >= 11 is 5.76. The van der Waals surface area contributed by atoms with Crippen molar-refractivity contribution in [2.24, 2.45) is 0 Å². The molecule has 0 bridgehead atoms. The van der Waals surface area contributed by atoms with E-state index >= 15 is 0 Å². The predicted molar refractivity (Wildman–Crippen MR) is 240 cm³/mol. The van der Waals surface area contributed by atoms with Gasteiger partial charge in [-0.1, -0.05) is 27.2 Å². The molecule has 0 radical (unpaired) electrons. The summed E-state index contributed by atoms with van der Waals surface area (Å²) in [7, 11) is 1.63. The number of unbranched alkanes of at least 4 members (excludes halogenated alkanes) is 1. The molecule has 0 aliphatic carbocycles. The van der Waals surface area contributed by atoms with Gasteiger partial charge in [-0.3, -0.25) is 39.2 Å². The number of nitrogens with one attached hydrogen (secondary N) is 3. The average molecular weight is 903 g/mol. The second-order valence-electron chi connectivity index (χ2n) is 16.3. The Balaban J connectivity index is 1.20. The van der Waals surface area contributed by atoms with Crippen molar-refractivity contribution in [3.63, 3.8) is 0 Å². The summed E-state index contributed by atoms with van der Waals surface area (Å²) in [5, 5.41) is 27.1. The fourth-order valence-electron chi connectivity index (χ4n) is 7.76. The highest BCUT2D eigenvalue weighted by molar-refractivity contribution is 7.81. The van der Waals surface area contributed by atoms with Crippen LogP contribution >= 0.6 is 12.2 Å². The Labute approximate surface area is 376 Å². The number of alkyl halides is 3. The van der Waals surface area contributed by atoms with Crippen molar-refractivity contribution >= 4 is 63.7 Å². The predicted octanol–water partition coefficient (Wildman–Crippen LogP) is 6.54. The van der Waals surface area contributed by atoms with Crippen molar-refractivity contribution in [1.82, 2.24) is 20.1 Å². The van der Waals surface area contributed by atoms with Gasteiger partial charge < -0.3 is 20.3 Å². The molecule has 340 valence electrons. The maximum atomic E-state index is 13.9. The average Bonchev–Trinajstić information content (AvgIpc) is 3.24. The minimum Gasteiger partial charge on any atom is -0.492 e. The zero-order valence-electron chi connectivity index (χ0n) is 36.7. The molecule has 1 unspecified atom stereocenters. The number of hydrogen-bond acceptors (Lipinski definition) is 12. The largest absolute Gasteiger partial charge is 0.492 e. The number of aromatic nitrogens is 1. The zero-order chi connectivity index (χ0) is 46.9. The van der Waals surface area contributed by atoms with Crippen LogP contribution in [0.2, 0.25) is 0 Å². The number of rotatable bonds is 15. The van der Waals surface area contributed by atoms with Crippen LogP contribution in [-0.2, 0) is 25.4 Å². The minimum atomic E-state index is -4.88. The summed E-state index contributed by atoms with van der Waals surface area (Å²) < 4.78 is 48.1. The Morgan fingerprint density at radius 2 is 1.75 bits per heavy atom. The molecule has 2 fully saturated rings.